The molecule has 1 aromatic heterocycles. The van der Waals surface area contributed by atoms with Crippen LogP contribution in [-0.2, 0) is 0 Å². The minimum absolute atomic E-state index is 0.0597. The van der Waals surface area contributed by atoms with Crippen molar-refractivity contribution in [3.8, 4) is 0 Å². The molecular weight excluding hydrogens is 358 g/mol. The van der Waals surface area contributed by atoms with Crippen molar-refractivity contribution in [1.29, 1.82) is 0 Å². The number of carbonyl (C=O) groups is 1. The lowest BCUT2D eigenvalue weighted by Crippen LogP contribution is -2.07. The SMILES string of the molecule is Cc1cccc(C(=O)c2ncc(Br)cc2Br)c1C. The van der Waals surface area contributed by atoms with Gasteiger partial charge in [-0.1, -0.05) is 18.2 Å². The van der Waals surface area contributed by atoms with E-state index in [1.807, 2.05) is 38.1 Å². The Kier molecular flexibility index (Phi) is 3.97. The van der Waals surface area contributed by atoms with Crippen molar-refractivity contribution in [2.24, 2.45) is 0 Å². The van der Waals surface area contributed by atoms with E-state index in [4.69, 9.17) is 0 Å². The molecule has 0 atom stereocenters. The van der Waals surface area contributed by atoms with Crippen molar-refractivity contribution < 1.29 is 4.79 Å². The molecule has 2 nitrogen and oxygen atoms in total. The molecule has 0 saturated heterocycles. The third kappa shape index (κ3) is 2.54. The Hall–Kier alpha value is -1.000. The van der Waals surface area contributed by atoms with Gasteiger partial charge in [-0.25, -0.2) is 0 Å². The molecule has 0 bridgehead atoms. The average molecular weight is 369 g/mol. The number of nitrogens with zero attached hydrogens (tertiary/aromatic N) is 1. The van der Waals surface area contributed by atoms with Crippen LogP contribution in [0.15, 0.2) is 39.4 Å². The summed E-state index contributed by atoms with van der Waals surface area (Å²) in [7, 11) is 0. The van der Waals surface area contributed by atoms with Gasteiger partial charge in [0.15, 0.2) is 0 Å². The second-order valence-corrected chi connectivity index (χ2v) is 5.83. The molecule has 4 heteroatoms. The van der Waals surface area contributed by atoms with E-state index in [0.29, 0.717) is 15.7 Å². The Labute approximate surface area is 123 Å². The number of pyridine rings is 1. The molecule has 0 aliphatic rings. The smallest absolute Gasteiger partial charge is 0.212 e. The van der Waals surface area contributed by atoms with Crippen molar-refractivity contribution >= 4 is 37.6 Å². The largest absolute Gasteiger partial charge is 0.287 e. The highest BCUT2D eigenvalue weighted by atomic mass is 79.9. The van der Waals surface area contributed by atoms with E-state index in [-0.39, 0.29) is 5.78 Å². The van der Waals surface area contributed by atoms with Crippen molar-refractivity contribution in [3.63, 3.8) is 0 Å². The van der Waals surface area contributed by atoms with Gasteiger partial charge < -0.3 is 0 Å². The predicted octanol–water partition coefficient (Wildman–Crippen LogP) is 4.45. The molecule has 0 aliphatic heterocycles. The average Bonchev–Trinajstić information content (AvgIpc) is 2.32. The number of aromatic nitrogens is 1. The van der Waals surface area contributed by atoms with E-state index < -0.39 is 0 Å². The van der Waals surface area contributed by atoms with Crippen molar-refractivity contribution in [2.75, 3.05) is 0 Å². The second-order valence-electron chi connectivity index (χ2n) is 4.06. The summed E-state index contributed by atoms with van der Waals surface area (Å²) in [4.78, 5) is 16.6. The first kappa shape index (κ1) is 13.4. The molecule has 92 valence electrons. The van der Waals surface area contributed by atoms with Crippen LogP contribution in [-0.4, -0.2) is 10.8 Å². The summed E-state index contributed by atoms with van der Waals surface area (Å²) in [6.45, 7) is 3.95. The summed E-state index contributed by atoms with van der Waals surface area (Å²) >= 11 is 6.70. The molecule has 2 aromatic rings. The zero-order valence-corrected chi connectivity index (χ0v) is 13.2. The Balaban J connectivity index is 2.51. The number of ketones is 1. The molecule has 1 aromatic carbocycles. The van der Waals surface area contributed by atoms with Gasteiger partial charge in [0, 0.05) is 20.7 Å². The van der Waals surface area contributed by atoms with E-state index in [2.05, 4.69) is 36.8 Å². The van der Waals surface area contributed by atoms with Crippen LogP contribution in [0.1, 0.15) is 27.2 Å². The molecule has 0 fully saturated rings. The molecular formula is C14H11Br2NO. The van der Waals surface area contributed by atoms with Crippen LogP contribution in [0.3, 0.4) is 0 Å². The van der Waals surface area contributed by atoms with Crippen LogP contribution in [0, 0.1) is 13.8 Å². The molecule has 0 amide bonds. The van der Waals surface area contributed by atoms with E-state index in [9.17, 15) is 4.79 Å². The quantitative estimate of drug-likeness (QED) is 0.732. The van der Waals surface area contributed by atoms with Crippen LogP contribution < -0.4 is 0 Å². The van der Waals surface area contributed by atoms with Gasteiger partial charge in [0.25, 0.3) is 0 Å². The number of aryl methyl sites for hydroxylation is 1. The summed E-state index contributed by atoms with van der Waals surface area (Å²) in [5.41, 5.74) is 3.24. The molecule has 0 N–H and O–H groups in total. The molecule has 0 radical (unpaired) electrons. The summed E-state index contributed by atoms with van der Waals surface area (Å²) in [6, 6.07) is 7.55. The topological polar surface area (TPSA) is 30.0 Å². The fourth-order valence-corrected chi connectivity index (χ4v) is 2.87. The second kappa shape index (κ2) is 5.33. The summed E-state index contributed by atoms with van der Waals surface area (Å²) in [6.07, 6.45) is 1.63. The van der Waals surface area contributed by atoms with Crippen molar-refractivity contribution in [3.05, 3.63) is 61.8 Å². The normalized spacial score (nSPS) is 10.4. The van der Waals surface area contributed by atoms with E-state index in [1.54, 1.807) is 6.20 Å². The summed E-state index contributed by atoms with van der Waals surface area (Å²) < 4.78 is 1.54. The third-order valence-corrected chi connectivity index (χ3v) is 3.91. The highest BCUT2D eigenvalue weighted by molar-refractivity contribution is 9.11. The highest BCUT2D eigenvalue weighted by Gasteiger charge is 2.16. The zero-order chi connectivity index (χ0) is 13.3. The van der Waals surface area contributed by atoms with Gasteiger partial charge in [-0.2, -0.15) is 0 Å². The Morgan fingerprint density at radius 1 is 1.22 bits per heavy atom. The van der Waals surface area contributed by atoms with Gasteiger partial charge >= 0.3 is 0 Å². The Morgan fingerprint density at radius 3 is 2.61 bits per heavy atom. The first-order valence-electron chi connectivity index (χ1n) is 5.42. The first-order valence-corrected chi connectivity index (χ1v) is 7.01. The number of halogens is 2. The van der Waals surface area contributed by atoms with Crippen molar-refractivity contribution in [2.45, 2.75) is 13.8 Å². The maximum atomic E-state index is 12.4. The van der Waals surface area contributed by atoms with Gasteiger partial charge in [-0.3, -0.25) is 9.78 Å². The van der Waals surface area contributed by atoms with Gasteiger partial charge in [0.1, 0.15) is 5.69 Å². The van der Waals surface area contributed by atoms with Crippen LogP contribution in [0.4, 0.5) is 0 Å². The van der Waals surface area contributed by atoms with Crippen LogP contribution >= 0.6 is 31.9 Å². The fourth-order valence-electron chi connectivity index (χ4n) is 1.71. The molecule has 0 aliphatic carbocycles. The zero-order valence-electron chi connectivity index (χ0n) is 10.00. The Morgan fingerprint density at radius 2 is 1.94 bits per heavy atom. The molecule has 1 heterocycles. The highest BCUT2D eigenvalue weighted by Crippen LogP contribution is 2.23. The minimum Gasteiger partial charge on any atom is -0.287 e. The molecule has 0 unspecified atom stereocenters. The van der Waals surface area contributed by atoms with E-state index in [1.165, 1.54) is 0 Å². The lowest BCUT2D eigenvalue weighted by atomic mass is 9.98. The monoisotopic (exact) mass is 367 g/mol. The predicted molar refractivity (Wildman–Crippen MR) is 79.0 cm³/mol. The number of hydrogen-bond acceptors (Lipinski definition) is 2. The summed E-state index contributed by atoms with van der Waals surface area (Å²) in [5.74, 6) is -0.0597. The molecule has 0 saturated carbocycles. The van der Waals surface area contributed by atoms with Gasteiger partial charge in [-0.15, -0.1) is 0 Å². The molecule has 2 rings (SSSR count). The molecule has 18 heavy (non-hydrogen) atoms. The molecule has 0 spiro atoms. The van der Waals surface area contributed by atoms with Gasteiger partial charge in [0.2, 0.25) is 5.78 Å². The van der Waals surface area contributed by atoms with E-state index >= 15 is 0 Å². The number of hydrogen-bond donors (Lipinski definition) is 0. The van der Waals surface area contributed by atoms with Gasteiger partial charge in [-0.05, 0) is 62.9 Å². The maximum Gasteiger partial charge on any atom is 0.212 e. The maximum absolute atomic E-state index is 12.4. The number of rotatable bonds is 2. The fraction of sp³-hybridized carbons (Fsp3) is 0.143. The number of benzene rings is 1. The minimum atomic E-state index is -0.0597. The van der Waals surface area contributed by atoms with Crippen molar-refractivity contribution in [1.82, 2.24) is 4.98 Å². The lowest BCUT2D eigenvalue weighted by Gasteiger charge is -2.08. The van der Waals surface area contributed by atoms with Crippen LogP contribution in [0.25, 0.3) is 0 Å². The first-order chi connectivity index (χ1) is 8.50. The number of carbonyl (C=O) groups excluding carboxylic acids is 1. The van der Waals surface area contributed by atoms with Crippen LogP contribution in [0.2, 0.25) is 0 Å². The van der Waals surface area contributed by atoms with E-state index in [0.717, 1.165) is 15.6 Å². The Bertz CT molecular complexity index is 623. The van der Waals surface area contributed by atoms with Gasteiger partial charge in [0.05, 0.1) is 0 Å². The van der Waals surface area contributed by atoms with Crippen LogP contribution in [0.5, 0.6) is 0 Å². The third-order valence-electron chi connectivity index (χ3n) is 2.87. The standard InChI is InChI=1S/C14H11Br2NO/c1-8-4-3-5-11(9(8)2)14(18)13-12(16)6-10(15)7-17-13/h3-7H,1-2H3. The summed E-state index contributed by atoms with van der Waals surface area (Å²) in [5, 5.41) is 0. The lowest BCUT2D eigenvalue weighted by molar-refractivity contribution is 0.103.